The molecular weight excluding hydrogens is 269 g/mol. The van der Waals surface area contributed by atoms with E-state index in [9.17, 15) is 9.18 Å². The van der Waals surface area contributed by atoms with Gasteiger partial charge in [0.05, 0.1) is 11.4 Å². The van der Waals surface area contributed by atoms with Crippen molar-refractivity contribution in [1.29, 1.82) is 0 Å². The lowest BCUT2D eigenvalue weighted by Crippen LogP contribution is -2.18. The van der Waals surface area contributed by atoms with Gasteiger partial charge in [-0.15, -0.1) is 0 Å². The summed E-state index contributed by atoms with van der Waals surface area (Å²) in [6, 6.07) is 11.7. The number of halogens is 1. The Morgan fingerprint density at radius 1 is 1.24 bits per heavy atom. The number of anilines is 2. The minimum Gasteiger partial charge on any atom is -0.397 e. The van der Waals surface area contributed by atoms with Gasteiger partial charge >= 0.3 is 0 Å². The van der Waals surface area contributed by atoms with E-state index in [0.29, 0.717) is 29.8 Å². The predicted molar refractivity (Wildman–Crippen MR) is 82.8 cm³/mol. The summed E-state index contributed by atoms with van der Waals surface area (Å²) < 4.78 is 13.5. The average Bonchev–Trinajstić information content (AvgIpc) is 2.50. The minimum absolute atomic E-state index is 0.181. The first-order chi connectivity index (χ1) is 10.1. The molecule has 1 amide bonds. The van der Waals surface area contributed by atoms with Gasteiger partial charge in [-0.05, 0) is 36.2 Å². The number of hydrogen-bond donors (Lipinski definition) is 3. The second-order valence-electron chi connectivity index (χ2n) is 4.65. The molecule has 2 aromatic rings. The van der Waals surface area contributed by atoms with Gasteiger partial charge in [-0.3, -0.25) is 4.79 Å². The van der Waals surface area contributed by atoms with E-state index in [0.717, 1.165) is 5.69 Å². The second kappa shape index (κ2) is 6.74. The molecule has 0 aliphatic rings. The molecule has 0 radical (unpaired) electrons. The number of carbonyl (C=O) groups is 1. The Morgan fingerprint density at radius 3 is 2.67 bits per heavy atom. The van der Waals surface area contributed by atoms with Crippen LogP contribution in [0.5, 0.6) is 0 Å². The molecule has 0 aliphatic carbocycles. The number of nitrogens with two attached hydrogens (primary N) is 1. The smallest absolute Gasteiger partial charge is 0.251 e. The summed E-state index contributed by atoms with van der Waals surface area (Å²) in [7, 11) is 1.57. The molecule has 5 heteroatoms. The van der Waals surface area contributed by atoms with Crippen LogP contribution in [-0.4, -0.2) is 19.5 Å². The third-order valence-electron chi connectivity index (χ3n) is 3.21. The summed E-state index contributed by atoms with van der Waals surface area (Å²) in [6.45, 7) is 0.560. The lowest BCUT2D eigenvalue weighted by Gasteiger charge is -2.11. The van der Waals surface area contributed by atoms with Crippen molar-refractivity contribution in [3.8, 4) is 0 Å². The Bertz CT molecular complexity index is 643. The van der Waals surface area contributed by atoms with Crippen LogP contribution in [0, 0.1) is 5.82 Å². The Morgan fingerprint density at radius 2 is 2.00 bits per heavy atom. The van der Waals surface area contributed by atoms with Crippen molar-refractivity contribution >= 4 is 17.3 Å². The molecule has 0 aliphatic heterocycles. The van der Waals surface area contributed by atoms with Crippen molar-refractivity contribution in [3.05, 3.63) is 59.4 Å². The van der Waals surface area contributed by atoms with E-state index < -0.39 is 0 Å². The molecule has 2 rings (SSSR count). The number of carbonyl (C=O) groups excluding carboxylic acids is 1. The van der Waals surface area contributed by atoms with Gasteiger partial charge in [0.2, 0.25) is 0 Å². The van der Waals surface area contributed by atoms with Crippen molar-refractivity contribution < 1.29 is 9.18 Å². The molecule has 4 nitrogen and oxygen atoms in total. The quantitative estimate of drug-likeness (QED) is 0.740. The normalized spacial score (nSPS) is 10.2. The van der Waals surface area contributed by atoms with Crippen LogP contribution in [0.3, 0.4) is 0 Å². The molecule has 2 aromatic carbocycles. The molecule has 0 heterocycles. The van der Waals surface area contributed by atoms with E-state index in [1.165, 1.54) is 6.07 Å². The SMILES string of the molecule is CNC(=O)c1ccc(NCCc2ccccc2F)c(N)c1. The van der Waals surface area contributed by atoms with Crippen molar-refractivity contribution in [2.75, 3.05) is 24.6 Å². The Balaban J connectivity index is 1.98. The van der Waals surface area contributed by atoms with E-state index in [2.05, 4.69) is 10.6 Å². The van der Waals surface area contributed by atoms with Crippen LogP contribution in [0.1, 0.15) is 15.9 Å². The van der Waals surface area contributed by atoms with Crippen LogP contribution in [0.15, 0.2) is 42.5 Å². The Labute approximate surface area is 123 Å². The summed E-state index contributed by atoms with van der Waals surface area (Å²) in [6.07, 6.45) is 0.559. The highest BCUT2D eigenvalue weighted by Crippen LogP contribution is 2.20. The van der Waals surface area contributed by atoms with Crippen molar-refractivity contribution in [1.82, 2.24) is 5.32 Å². The zero-order chi connectivity index (χ0) is 15.2. The molecule has 0 atom stereocenters. The lowest BCUT2D eigenvalue weighted by atomic mass is 10.1. The van der Waals surface area contributed by atoms with Gasteiger partial charge in [-0.1, -0.05) is 18.2 Å². The number of hydrogen-bond acceptors (Lipinski definition) is 3. The number of benzene rings is 2. The van der Waals surface area contributed by atoms with Crippen molar-refractivity contribution in [2.24, 2.45) is 0 Å². The second-order valence-corrected chi connectivity index (χ2v) is 4.65. The van der Waals surface area contributed by atoms with Crippen LogP contribution < -0.4 is 16.4 Å². The maximum absolute atomic E-state index is 13.5. The standard InChI is InChI=1S/C16H18FN3O/c1-19-16(21)12-6-7-15(14(18)10-12)20-9-8-11-4-2-3-5-13(11)17/h2-7,10,20H,8-9,18H2,1H3,(H,19,21). The molecule has 0 saturated carbocycles. The summed E-state index contributed by atoms with van der Waals surface area (Å²) in [5.74, 6) is -0.387. The first-order valence-corrected chi connectivity index (χ1v) is 6.70. The van der Waals surface area contributed by atoms with Gasteiger partial charge in [0.1, 0.15) is 5.82 Å². The molecule has 0 saturated heterocycles. The predicted octanol–water partition coefficient (Wildman–Crippen LogP) is 2.42. The van der Waals surface area contributed by atoms with E-state index in [1.54, 1.807) is 37.4 Å². The maximum atomic E-state index is 13.5. The van der Waals surface area contributed by atoms with E-state index >= 15 is 0 Å². The van der Waals surface area contributed by atoms with Crippen LogP contribution in [0.4, 0.5) is 15.8 Å². The highest BCUT2D eigenvalue weighted by Gasteiger charge is 2.06. The van der Waals surface area contributed by atoms with Crippen molar-refractivity contribution in [3.63, 3.8) is 0 Å². The molecule has 0 bridgehead atoms. The monoisotopic (exact) mass is 287 g/mol. The summed E-state index contributed by atoms with van der Waals surface area (Å²) >= 11 is 0. The summed E-state index contributed by atoms with van der Waals surface area (Å²) in [5, 5.41) is 5.69. The first-order valence-electron chi connectivity index (χ1n) is 6.70. The van der Waals surface area contributed by atoms with Crippen LogP contribution in [0.2, 0.25) is 0 Å². The molecule has 4 N–H and O–H groups in total. The van der Waals surface area contributed by atoms with E-state index in [4.69, 9.17) is 5.73 Å². The minimum atomic E-state index is -0.206. The summed E-state index contributed by atoms with van der Waals surface area (Å²) in [4.78, 5) is 11.5. The fourth-order valence-electron chi connectivity index (χ4n) is 2.04. The lowest BCUT2D eigenvalue weighted by molar-refractivity contribution is 0.0963. The van der Waals surface area contributed by atoms with Gasteiger partial charge in [0, 0.05) is 19.2 Å². The maximum Gasteiger partial charge on any atom is 0.251 e. The molecule has 21 heavy (non-hydrogen) atoms. The Hall–Kier alpha value is -2.56. The first kappa shape index (κ1) is 14.8. The highest BCUT2D eigenvalue weighted by molar-refractivity contribution is 5.95. The van der Waals surface area contributed by atoms with Crippen LogP contribution >= 0.6 is 0 Å². The van der Waals surface area contributed by atoms with Gasteiger partial charge in [-0.2, -0.15) is 0 Å². The topological polar surface area (TPSA) is 67.2 Å². The average molecular weight is 287 g/mol. The van der Waals surface area contributed by atoms with E-state index in [-0.39, 0.29) is 11.7 Å². The van der Waals surface area contributed by atoms with E-state index in [1.807, 2.05) is 6.07 Å². The van der Waals surface area contributed by atoms with Gasteiger partial charge < -0.3 is 16.4 Å². The molecule has 0 aromatic heterocycles. The van der Waals surface area contributed by atoms with Gasteiger partial charge in [-0.25, -0.2) is 4.39 Å². The zero-order valence-electron chi connectivity index (χ0n) is 11.8. The van der Waals surface area contributed by atoms with Crippen LogP contribution in [0.25, 0.3) is 0 Å². The number of nitrogens with one attached hydrogen (secondary N) is 2. The fraction of sp³-hybridized carbons (Fsp3) is 0.188. The van der Waals surface area contributed by atoms with Crippen molar-refractivity contribution in [2.45, 2.75) is 6.42 Å². The van der Waals surface area contributed by atoms with Gasteiger partial charge in [0.15, 0.2) is 0 Å². The third-order valence-corrected chi connectivity index (χ3v) is 3.21. The highest BCUT2D eigenvalue weighted by atomic mass is 19.1. The van der Waals surface area contributed by atoms with Crippen LogP contribution in [-0.2, 0) is 6.42 Å². The molecule has 0 fully saturated rings. The molecule has 0 unspecified atom stereocenters. The number of amides is 1. The zero-order valence-corrected chi connectivity index (χ0v) is 11.8. The molecule has 110 valence electrons. The number of nitrogen functional groups attached to an aromatic ring is 1. The fourth-order valence-corrected chi connectivity index (χ4v) is 2.04. The third kappa shape index (κ3) is 3.72. The molecular formula is C16H18FN3O. The Kier molecular flexibility index (Phi) is 4.77. The summed E-state index contributed by atoms with van der Waals surface area (Å²) in [5.41, 5.74) is 8.30. The largest absolute Gasteiger partial charge is 0.397 e. The molecule has 0 spiro atoms. The number of rotatable bonds is 5. The van der Waals surface area contributed by atoms with Gasteiger partial charge in [0.25, 0.3) is 5.91 Å².